The number of piperazine rings is 1. The number of methoxy groups -OCH3 is 1. The molecule has 0 unspecified atom stereocenters. The van der Waals surface area contributed by atoms with Crippen molar-refractivity contribution in [3.05, 3.63) is 28.8 Å². The molecule has 2 amide bonds. The molecule has 2 rings (SSSR count). The summed E-state index contributed by atoms with van der Waals surface area (Å²) in [6.45, 7) is 8.09. The van der Waals surface area contributed by atoms with Crippen molar-refractivity contribution in [2.24, 2.45) is 0 Å². The van der Waals surface area contributed by atoms with Crippen LogP contribution in [0.3, 0.4) is 0 Å². The van der Waals surface area contributed by atoms with Gasteiger partial charge in [0.15, 0.2) is 0 Å². The topological polar surface area (TPSA) is 49.9 Å². The Labute approximate surface area is 131 Å². The number of nitrogens with zero attached hydrogens (tertiary/aromatic N) is 2. The lowest BCUT2D eigenvalue weighted by Crippen LogP contribution is -2.50. The van der Waals surface area contributed by atoms with Gasteiger partial charge in [-0.05, 0) is 36.6 Å². The number of hydrogen-bond acceptors (Lipinski definition) is 3. The first-order chi connectivity index (χ1) is 10.4. The first kappa shape index (κ1) is 16.3. The van der Waals surface area contributed by atoms with Crippen molar-refractivity contribution in [3.63, 3.8) is 0 Å². The van der Waals surface area contributed by atoms with E-state index in [-0.39, 0.29) is 11.8 Å². The smallest absolute Gasteiger partial charge is 0.227 e. The summed E-state index contributed by atoms with van der Waals surface area (Å²) >= 11 is 0. The van der Waals surface area contributed by atoms with Crippen molar-refractivity contribution in [1.29, 1.82) is 0 Å². The van der Waals surface area contributed by atoms with Crippen molar-refractivity contribution in [2.75, 3.05) is 33.3 Å². The zero-order valence-corrected chi connectivity index (χ0v) is 13.8. The van der Waals surface area contributed by atoms with Crippen molar-refractivity contribution in [1.82, 2.24) is 9.80 Å². The molecule has 120 valence electrons. The molecule has 0 radical (unpaired) electrons. The van der Waals surface area contributed by atoms with E-state index in [1.54, 1.807) is 18.9 Å². The fourth-order valence-corrected chi connectivity index (χ4v) is 2.81. The lowest BCUT2D eigenvalue weighted by molar-refractivity contribution is -0.138. The van der Waals surface area contributed by atoms with E-state index < -0.39 is 0 Å². The van der Waals surface area contributed by atoms with Crippen LogP contribution in [0.5, 0.6) is 5.75 Å². The van der Waals surface area contributed by atoms with Crippen LogP contribution in [0, 0.1) is 13.8 Å². The first-order valence-electron chi connectivity index (χ1n) is 7.60. The minimum atomic E-state index is 0.0775. The van der Waals surface area contributed by atoms with E-state index >= 15 is 0 Å². The molecular formula is C17H24N2O3. The molecule has 1 heterocycles. The average Bonchev–Trinajstić information content (AvgIpc) is 2.52. The van der Waals surface area contributed by atoms with Crippen molar-refractivity contribution in [3.8, 4) is 5.75 Å². The number of carbonyl (C=O) groups is 2. The third-order valence-electron chi connectivity index (χ3n) is 4.49. The molecule has 0 N–H and O–H groups in total. The van der Waals surface area contributed by atoms with E-state index in [0.29, 0.717) is 32.6 Å². The van der Waals surface area contributed by atoms with Gasteiger partial charge in [0.05, 0.1) is 13.5 Å². The summed E-state index contributed by atoms with van der Waals surface area (Å²) in [5.41, 5.74) is 3.22. The summed E-state index contributed by atoms with van der Waals surface area (Å²) in [7, 11) is 1.65. The van der Waals surface area contributed by atoms with E-state index in [0.717, 1.165) is 22.4 Å². The predicted octanol–water partition coefficient (Wildman–Crippen LogP) is 1.55. The Morgan fingerprint density at radius 3 is 2.18 bits per heavy atom. The molecule has 5 nitrogen and oxygen atoms in total. The van der Waals surface area contributed by atoms with Crippen LogP contribution in [-0.4, -0.2) is 54.9 Å². The monoisotopic (exact) mass is 304 g/mol. The number of amides is 2. The fourth-order valence-electron chi connectivity index (χ4n) is 2.81. The number of ether oxygens (including phenoxy) is 1. The van der Waals surface area contributed by atoms with Gasteiger partial charge in [0.1, 0.15) is 5.75 Å². The van der Waals surface area contributed by atoms with Gasteiger partial charge in [-0.15, -0.1) is 0 Å². The third kappa shape index (κ3) is 3.40. The number of benzene rings is 1. The standard InChI is InChI=1S/C17H24N2O3/c1-12-13(2)16(22-4)6-5-15(12)11-17(21)19-9-7-18(8-10-19)14(3)20/h5-6H,7-11H2,1-4H3. The van der Waals surface area contributed by atoms with E-state index in [9.17, 15) is 9.59 Å². The van der Waals surface area contributed by atoms with Gasteiger partial charge in [-0.2, -0.15) is 0 Å². The largest absolute Gasteiger partial charge is 0.496 e. The maximum absolute atomic E-state index is 12.5. The minimum Gasteiger partial charge on any atom is -0.496 e. The molecule has 1 aliphatic heterocycles. The van der Waals surface area contributed by atoms with Gasteiger partial charge in [0.25, 0.3) is 0 Å². The average molecular weight is 304 g/mol. The van der Waals surface area contributed by atoms with Crippen LogP contribution in [0.15, 0.2) is 12.1 Å². The van der Waals surface area contributed by atoms with Crippen LogP contribution in [0.25, 0.3) is 0 Å². The molecule has 0 bridgehead atoms. The normalized spacial score (nSPS) is 14.9. The highest BCUT2D eigenvalue weighted by atomic mass is 16.5. The van der Waals surface area contributed by atoms with E-state index in [4.69, 9.17) is 4.74 Å². The zero-order chi connectivity index (χ0) is 16.3. The molecule has 0 spiro atoms. The van der Waals surface area contributed by atoms with E-state index in [2.05, 4.69) is 0 Å². The SMILES string of the molecule is COc1ccc(CC(=O)N2CCN(C(C)=O)CC2)c(C)c1C. The third-order valence-corrected chi connectivity index (χ3v) is 4.49. The van der Waals surface area contributed by atoms with Crippen molar-refractivity contribution >= 4 is 11.8 Å². The van der Waals surface area contributed by atoms with Gasteiger partial charge >= 0.3 is 0 Å². The second kappa shape index (κ2) is 6.81. The Bertz CT molecular complexity index is 576. The molecule has 0 aromatic heterocycles. The molecule has 22 heavy (non-hydrogen) atoms. The summed E-state index contributed by atoms with van der Waals surface area (Å²) in [5, 5.41) is 0. The maximum Gasteiger partial charge on any atom is 0.227 e. The molecule has 0 aliphatic carbocycles. The van der Waals surface area contributed by atoms with Gasteiger partial charge in [-0.25, -0.2) is 0 Å². The van der Waals surface area contributed by atoms with Crippen molar-refractivity contribution < 1.29 is 14.3 Å². The summed E-state index contributed by atoms with van der Waals surface area (Å²) in [6, 6.07) is 3.88. The molecule has 1 aromatic carbocycles. The van der Waals surface area contributed by atoms with Crippen LogP contribution in [-0.2, 0) is 16.0 Å². The molecule has 0 saturated carbocycles. The maximum atomic E-state index is 12.5. The highest BCUT2D eigenvalue weighted by Crippen LogP contribution is 2.24. The molecular weight excluding hydrogens is 280 g/mol. The van der Waals surface area contributed by atoms with Gasteiger partial charge in [0, 0.05) is 33.1 Å². The Morgan fingerprint density at radius 2 is 1.64 bits per heavy atom. The summed E-state index contributed by atoms with van der Waals surface area (Å²) in [4.78, 5) is 27.4. The van der Waals surface area contributed by atoms with Crippen molar-refractivity contribution in [2.45, 2.75) is 27.2 Å². The molecule has 1 aliphatic rings. The fraction of sp³-hybridized carbons (Fsp3) is 0.529. The van der Waals surface area contributed by atoms with Gasteiger partial charge in [-0.1, -0.05) is 6.07 Å². The highest BCUT2D eigenvalue weighted by Gasteiger charge is 2.23. The summed E-state index contributed by atoms with van der Waals surface area (Å²) in [6.07, 6.45) is 0.400. The Balaban J connectivity index is 2.01. The summed E-state index contributed by atoms with van der Waals surface area (Å²) < 4.78 is 5.30. The lowest BCUT2D eigenvalue weighted by atomic mass is 9.99. The number of carbonyl (C=O) groups excluding carboxylic acids is 2. The number of rotatable bonds is 3. The van der Waals surface area contributed by atoms with Crippen LogP contribution in [0.1, 0.15) is 23.6 Å². The second-order valence-corrected chi connectivity index (χ2v) is 5.74. The van der Waals surface area contributed by atoms with Gasteiger partial charge in [-0.3, -0.25) is 9.59 Å². The predicted molar refractivity (Wildman–Crippen MR) is 85.0 cm³/mol. The number of hydrogen-bond donors (Lipinski definition) is 0. The summed E-state index contributed by atoms with van der Waals surface area (Å²) in [5.74, 6) is 1.05. The molecule has 0 atom stereocenters. The Morgan fingerprint density at radius 1 is 1.05 bits per heavy atom. The lowest BCUT2D eigenvalue weighted by Gasteiger charge is -2.34. The van der Waals surface area contributed by atoms with Crippen LogP contribution < -0.4 is 4.74 Å². The quantitative estimate of drug-likeness (QED) is 0.851. The molecule has 1 saturated heterocycles. The van der Waals surface area contributed by atoms with Gasteiger partial charge < -0.3 is 14.5 Å². The first-order valence-corrected chi connectivity index (χ1v) is 7.60. The Hall–Kier alpha value is -2.04. The Kier molecular flexibility index (Phi) is 5.06. The highest BCUT2D eigenvalue weighted by molar-refractivity contribution is 5.80. The van der Waals surface area contributed by atoms with Crippen LogP contribution in [0.4, 0.5) is 0 Å². The second-order valence-electron chi connectivity index (χ2n) is 5.74. The van der Waals surface area contributed by atoms with Crippen LogP contribution >= 0.6 is 0 Å². The zero-order valence-electron chi connectivity index (χ0n) is 13.8. The molecule has 1 aromatic rings. The van der Waals surface area contributed by atoms with Crippen LogP contribution in [0.2, 0.25) is 0 Å². The van der Waals surface area contributed by atoms with E-state index in [1.807, 2.05) is 30.9 Å². The molecule has 5 heteroatoms. The molecule has 1 fully saturated rings. The minimum absolute atomic E-state index is 0.0775. The van der Waals surface area contributed by atoms with E-state index in [1.165, 1.54) is 0 Å². The van der Waals surface area contributed by atoms with Gasteiger partial charge in [0.2, 0.25) is 11.8 Å².